The van der Waals surface area contributed by atoms with Crippen LogP contribution < -0.4 is 11.1 Å². The van der Waals surface area contributed by atoms with E-state index in [1.165, 1.54) is 30.5 Å². The Kier molecular flexibility index (Phi) is 3.52. The molecule has 0 fully saturated rings. The molecule has 0 aliphatic rings. The minimum atomic E-state index is -0.687. The van der Waals surface area contributed by atoms with Gasteiger partial charge in [0.1, 0.15) is 17.2 Å². The lowest BCUT2D eigenvalue weighted by atomic mass is 10.2. The summed E-state index contributed by atoms with van der Waals surface area (Å²) in [6.45, 7) is 0. The van der Waals surface area contributed by atoms with Gasteiger partial charge in [-0.2, -0.15) is 0 Å². The molecule has 0 unspecified atom stereocenters. The van der Waals surface area contributed by atoms with Gasteiger partial charge in [-0.15, -0.1) is 0 Å². The van der Waals surface area contributed by atoms with Crippen molar-refractivity contribution in [3.8, 4) is 11.5 Å². The molecule has 20 heavy (non-hydrogen) atoms. The lowest BCUT2D eigenvalue weighted by Gasteiger charge is -2.07. The van der Waals surface area contributed by atoms with Crippen molar-refractivity contribution in [3.63, 3.8) is 0 Å². The third kappa shape index (κ3) is 2.83. The second kappa shape index (κ2) is 5.27. The molecule has 0 aliphatic carbocycles. The summed E-state index contributed by atoms with van der Waals surface area (Å²) < 4.78 is 0. The van der Waals surface area contributed by atoms with Crippen molar-refractivity contribution in [3.05, 3.63) is 47.8 Å². The third-order valence-electron chi connectivity index (χ3n) is 2.51. The molecule has 2 amide bonds. The van der Waals surface area contributed by atoms with E-state index in [2.05, 4.69) is 10.3 Å². The number of phenolic OH excluding ortho intramolecular Hbond substituents is 2. The van der Waals surface area contributed by atoms with Gasteiger partial charge in [0.05, 0.1) is 11.3 Å². The molecule has 2 aromatic rings. The van der Waals surface area contributed by atoms with Crippen LogP contribution in [0.3, 0.4) is 0 Å². The summed E-state index contributed by atoms with van der Waals surface area (Å²) >= 11 is 0. The number of carbonyl (C=O) groups excluding carboxylic acids is 2. The zero-order valence-corrected chi connectivity index (χ0v) is 10.2. The number of rotatable bonds is 3. The molecule has 1 heterocycles. The number of aromatic hydroxyl groups is 2. The number of benzene rings is 1. The predicted octanol–water partition coefficient (Wildman–Crippen LogP) is 0.844. The molecular formula is C13H11N3O4. The fourth-order valence-electron chi connectivity index (χ4n) is 1.49. The molecule has 0 bridgehead atoms. The summed E-state index contributed by atoms with van der Waals surface area (Å²) in [5, 5.41) is 21.1. The summed E-state index contributed by atoms with van der Waals surface area (Å²) in [5.41, 5.74) is 5.43. The summed E-state index contributed by atoms with van der Waals surface area (Å²) in [6.07, 6.45) is 1.20. The van der Waals surface area contributed by atoms with Crippen LogP contribution in [0.5, 0.6) is 11.5 Å². The van der Waals surface area contributed by atoms with Gasteiger partial charge in [-0.05, 0) is 24.3 Å². The summed E-state index contributed by atoms with van der Waals surface area (Å²) in [5.74, 6) is -1.59. The van der Waals surface area contributed by atoms with Crippen LogP contribution in [0.1, 0.15) is 20.8 Å². The number of amides is 2. The highest BCUT2D eigenvalue weighted by molar-refractivity contribution is 6.05. The average molecular weight is 273 g/mol. The maximum Gasteiger partial charge on any atom is 0.267 e. The van der Waals surface area contributed by atoms with E-state index in [4.69, 9.17) is 10.8 Å². The van der Waals surface area contributed by atoms with E-state index in [0.717, 1.165) is 6.07 Å². The molecule has 0 aliphatic heterocycles. The zero-order chi connectivity index (χ0) is 14.7. The van der Waals surface area contributed by atoms with Crippen molar-refractivity contribution in [2.24, 2.45) is 5.73 Å². The molecule has 0 atom stereocenters. The molecule has 0 spiro atoms. The normalized spacial score (nSPS) is 10.0. The summed E-state index contributed by atoms with van der Waals surface area (Å²) in [7, 11) is 0. The Morgan fingerprint density at radius 2 is 1.90 bits per heavy atom. The monoisotopic (exact) mass is 273 g/mol. The maximum absolute atomic E-state index is 11.9. The van der Waals surface area contributed by atoms with Gasteiger partial charge in [0, 0.05) is 12.3 Å². The van der Waals surface area contributed by atoms with Gasteiger partial charge in [0.2, 0.25) is 0 Å². The zero-order valence-electron chi connectivity index (χ0n) is 10.2. The fourth-order valence-corrected chi connectivity index (χ4v) is 1.49. The van der Waals surface area contributed by atoms with Crippen LogP contribution in [0.4, 0.5) is 5.69 Å². The number of hydrogen-bond acceptors (Lipinski definition) is 5. The molecule has 0 saturated carbocycles. The number of pyridine rings is 1. The summed E-state index contributed by atoms with van der Waals surface area (Å²) in [6, 6.07) is 6.50. The van der Waals surface area contributed by atoms with E-state index in [1.54, 1.807) is 0 Å². The molecule has 1 aromatic carbocycles. The molecule has 0 radical (unpaired) electrons. The largest absolute Gasteiger partial charge is 0.508 e. The highest BCUT2D eigenvalue weighted by atomic mass is 16.3. The Balaban J connectivity index is 2.17. The first-order valence-electron chi connectivity index (χ1n) is 5.56. The van der Waals surface area contributed by atoms with Crippen LogP contribution >= 0.6 is 0 Å². The van der Waals surface area contributed by atoms with Gasteiger partial charge in [0.15, 0.2) is 0 Å². The van der Waals surface area contributed by atoms with Crippen LogP contribution in [-0.4, -0.2) is 27.0 Å². The van der Waals surface area contributed by atoms with E-state index in [9.17, 15) is 14.7 Å². The van der Waals surface area contributed by atoms with Crippen molar-refractivity contribution < 1.29 is 19.8 Å². The molecule has 1 aromatic heterocycles. The lowest BCUT2D eigenvalue weighted by molar-refractivity contribution is 0.0990. The first-order chi connectivity index (χ1) is 9.47. The predicted molar refractivity (Wildman–Crippen MR) is 70.5 cm³/mol. The van der Waals surface area contributed by atoms with Gasteiger partial charge >= 0.3 is 0 Å². The van der Waals surface area contributed by atoms with Crippen molar-refractivity contribution in [2.75, 3.05) is 5.32 Å². The molecule has 0 saturated heterocycles. The Bertz CT molecular complexity index is 668. The highest BCUT2D eigenvalue weighted by Crippen LogP contribution is 2.27. The number of aromatic nitrogens is 1. The van der Waals surface area contributed by atoms with Gasteiger partial charge in [-0.1, -0.05) is 0 Å². The topological polar surface area (TPSA) is 126 Å². The quantitative estimate of drug-likeness (QED) is 0.487. The standard InChI is InChI=1S/C13H11N3O4/c14-12(19)10-3-1-7(6-15-10)13(20)16-9-4-2-8(17)5-11(9)18/h1-6,17-18H,(H2,14,19)(H,16,20). The van der Waals surface area contributed by atoms with Crippen molar-refractivity contribution in [2.45, 2.75) is 0 Å². The second-order valence-electron chi connectivity index (χ2n) is 3.95. The van der Waals surface area contributed by atoms with Gasteiger partial charge in [0.25, 0.3) is 11.8 Å². The van der Waals surface area contributed by atoms with E-state index in [0.29, 0.717) is 0 Å². The number of carbonyl (C=O) groups is 2. The van der Waals surface area contributed by atoms with Crippen molar-refractivity contribution in [1.82, 2.24) is 4.98 Å². The SMILES string of the molecule is NC(=O)c1ccc(C(=O)Nc2ccc(O)cc2O)cn1. The van der Waals surface area contributed by atoms with Crippen LogP contribution in [0.15, 0.2) is 36.5 Å². The number of nitrogens with one attached hydrogen (secondary N) is 1. The van der Waals surface area contributed by atoms with E-state index >= 15 is 0 Å². The fraction of sp³-hybridized carbons (Fsp3) is 0. The van der Waals surface area contributed by atoms with Crippen molar-refractivity contribution in [1.29, 1.82) is 0 Å². The van der Waals surface area contributed by atoms with Crippen molar-refractivity contribution >= 4 is 17.5 Å². The molecule has 102 valence electrons. The maximum atomic E-state index is 11.9. The first kappa shape index (κ1) is 13.3. The number of nitrogens with two attached hydrogens (primary N) is 1. The summed E-state index contributed by atoms with van der Waals surface area (Å²) in [4.78, 5) is 26.5. The highest BCUT2D eigenvalue weighted by Gasteiger charge is 2.11. The second-order valence-corrected chi connectivity index (χ2v) is 3.95. The Morgan fingerprint density at radius 3 is 2.45 bits per heavy atom. The van der Waals surface area contributed by atoms with Crippen LogP contribution in [0.2, 0.25) is 0 Å². The van der Waals surface area contributed by atoms with Crippen LogP contribution in [-0.2, 0) is 0 Å². The molecule has 7 heteroatoms. The van der Waals surface area contributed by atoms with Gasteiger partial charge in [-0.25, -0.2) is 0 Å². The number of primary amides is 1. The lowest BCUT2D eigenvalue weighted by Crippen LogP contribution is -2.15. The molecule has 5 N–H and O–H groups in total. The van der Waals surface area contributed by atoms with E-state index in [1.807, 2.05) is 0 Å². The minimum Gasteiger partial charge on any atom is -0.508 e. The van der Waals surface area contributed by atoms with Crippen LogP contribution in [0.25, 0.3) is 0 Å². The molecule has 7 nitrogen and oxygen atoms in total. The van der Waals surface area contributed by atoms with Gasteiger partial charge in [-0.3, -0.25) is 14.6 Å². The minimum absolute atomic E-state index is 0.0500. The van der Waals surface area contributed by atoms with E-state index in [-0.39, 0.29) is 28.4 Å². The number of anilines is 1. The molecule has 2 rings (SSSR count). The third-order valence-corrected chi connectivity index (χ3v) is 2.51. The first-order valence-corrected chi connectivity index (χ1v) is 5.56. The number of hydrogen-bond donors (Lipinski definition) is 4. The smallest absolute Gasteiger partial charge is 0.267 e. The van der Waals surface area contributed by atoms with E-state index < -0.39 is 11.8 Å². The Hall–Kier alpha value is -3.09. The average Bonchev–Trinajstić information content (AvgIpc) is 2.42. The molecular weight excluding hydrogens is 262 g/mol. The number of nitrogens with zero attached hydrogens (tertiary/aromatic N) is 1. The number of phenols is 2. The Labute approximate surface area is 113 Å². The Morgan fingerprint density at radius 1 is 1.15 bits per heavy atom. The van der Waals surface area contributed by atoms with Gasteiger partial charge < -0.3 is 21.3 Å². The van der Waals surface area contributed by atoms with Crippen LogP contribution in [0, 0.1) is 0 Å².